The van der Waals surface area contributed by atoms with Gasteiger partial charge in [0.25, 0.3) is 0 Å². The molecule has 0 saturated heterocycles. The standard InChI is InChI=1S/3C9H13.Tb/c3*1-6-5-7(2)9(4)8(6)3;/h3*5H,1-4H3;/q3*-1;+3. The molecule has 3 aromatic rings. The molecule has 0 radical (unpaired) electrons. The van der Waals surface area contributed by atoms with Crippen LogP contribution in [0.5, 0.6) is 0 Å². The van der Waals surface area contributed by atoms with Crippen molar-refractivity contribution in [1.29, 1.82) is 0 Å². The Balaban J connectivity index is 0.000000384. The summed E-state index contributed by atoms with van der Waals surface area (Å²) in [6.45, 7) is 26.0. The Morgan fingerprint density at radius 1 is 0.286 bits per heavy atom. The normalized spacial score (nSPS) is 9.86. The van der Waals surface area contributed by atoms with E-state index in [9.17, 15) is 0 Å². The first-order chi connectivity index (χ1) is 12.4. The van der Waals surface area contributed by atoms with Crippen LogP contribution in [-0.4, -0.2) is 0 Å². The molecule has 0 amide bonds. The van der Waals surface area contributed by atoms with Crippen molar-refractivity contribution in [3.05, 3.63) is 85.0 Å². The maximum atomic E-state index is 2.24. The van der Waals surface area contributed by atoms with E-state index >= 15 is 0 Å². The van der Waals surface area contributed by atoms with Crippen LogP contribution >= 0.6 is 0 Å². The smallest absolute Gasteiger partial charge is 0.196 e. The maximum absolute atomic E-state index is 2.24. The minimum absolute atomic E-state index is 0. The van der Waals surface area contributed by atoms with Gasteiger partial charge in [-0.2, -0.15) is 85.0 Å². The van der Waals surface area contributed by atoms with E-state index in [2.05, 4.69) is 101 Å². The van der Waals surface area contributed by atoms with Crippen LogP contribution in [0.25, 0.3) is 0 Å². The molecule has 156 valence electrons. The molecule has 0 aliphatic rings. The van der Waals surface area contributed by atoms with Crippen LogP contribution in [0.2, 0.25) is 0 Å². The summed E-state index contributed by atoms with van der Waals surface area (Å²) in [4.78, 5) is 0. The first-order valence-corrected chi connectivity index (χ1v) is 9.98. The Morgan fingerprint density at radius 3 is 0.429 bits per heavy atom. The second-order valence-corrected chi connectivity index (χ2v) is 8.28. The first kappa shape index (κ1) is 27.3. The summed E-state index contributed by atoms with van der Waals surface area (Å²) in [5.41, 5.74) is 17.2. The minimum Gasteiger partial charge on any atom is -0.196 e. The van der Waals surface area contributed by atoms with Gasteiger partial charge in [0.2, 0.25) is 0 Å². The molecule has 0 heterocycles. The molecule has 0 nitrogen and oxygen atoms in total. The molecule has 0 aliphatic carbocycles. The Labute approximate surface area is 205 Å². The van der Waals surface area contributed by atoms with Gasteiger partial charge in [-0.1, -0.05) is 83.1 Å². The summed E-state index contributed by atoms with van der Waals surface area (Å²) in [6.07, 6.45) is 0. The Kier molecular flexibility index (Phi) is 11.2. The molecule has 0 aliphatic heterocycles. The topological polar surface area (TPSA) is 0 Å². The molecule has 0 N–H and O–H groups in total. The molecule has 3 rings (SSSR count). The van der Waals surface area contributed by atoms with Gasteiger partial charge in [0.05, 0.1) is 0 Å². The van der Waals surface area contributed by atoms with Crippen molar-refractivity contribution in [2.24, 2.45) is 0 Å². The maximum Gasteiger partial charge on any atom is 3.00 e. The zero-order valence-corrected chi connectivity index (χ0v) is 22.2. The third kappa shape index (κ3) is 6.70. The molecule has 0 spiro atoms. The molecule has 0 fully saturated rings. The van der Waals surface area contributed by atoms with E-state index in [1.54, 1.807) is 0 Å². The quantitative estimate of drug-likeness (QED) is 0.263. The molecule has 0 atom stereocenters. The molecular weight excluding hydrogens is 483 g/mol. The van der Waals surface area contributed by atoms with Gasteiger partial charge in [0, 0.05) is 0 Å². The summed E-state index contributed by atoms with van der Waals surface area (Å²) in [7, 11) is 0. The van der Waals surface area contributed by atoms with Crippen LogP contribution in [0.3, 0.4) is 0 Å². The predicted molar refractivity (Wildman–Crippen MR) is 123 cm³/mol. The molecular formula is C27H39Tb. The summed E-state index contributed by atoms with van der Waals surface area (Å²) >= 11 is 0. The van der Waals surface area contributed by atoms with Crippen molar-refractivity contribution in [3.63, 3.8) is 0 Å². The zero-order chi connectivity index (χ0) is 21.0. The fourth-order valence-electron chi connectivity index (χ4n) is 3.40. The Morgan fingerprint density at radius 2 is 0.393 bits per heavy atom. The summed E-state index contributed by atoms with van der Waals surface area (Å²) < 4.78 is 0. The van der Waals surface area contributed by atoms with Gasteiger partial charge in [0.15, 0.2) is 0 Å². The van der Waals surface area contributed by atoms with Crippen molar-refractivity contribution >= 4 is 0 Å². The van der Waals surface area contributed by atoms with E-state index in [0.717, 1.165) is 0 Å². The van der Waals surface area contributed by atoms with Gasteiger partial charge >= 0.3 is 38.6 Å². The van der Waals surface area contributed by atoms with Gasteiger partial charge < -0.3 is 0 Å². The predicted octanol–water partition coefficient (Wildman–Crippen LogP) is 7.92. The summed E-state index contributed by atoms with van der Waals surface area (Å²) in [5, 5.41) is 0. The fourth-order valence-corrected chi connectivity index (χ4v) is 3.40. The van der Waals surface area contributed by atoms with Crippen LogP contribution in [-0.2, 0) is 0 Å². The molecule has 0 bridgehead atoms. The summed E-state index contributed by atoms with van der Waals surface area (Å²) in [5.74, 6) is 0. The number of aryl methyl sites for hydroxylation is 6. The number of hydrogen-bond donors (Lipinski definition) is 0. The van der Waals surface area contributed by atoms with Crippen LogP contribution in [0.1, 0.15) is 66.8 Å². The largest absolute Gasteiger partial charge is 3.00 e. The molecule has 1 heteroatoms. The minimum atomic E-state index is 0. The van der Waals surface area contributed by atoms with E-state index in [1.165, 1.54) is 66.8 Å². The number of rotatable bonds is 0. The van der Waals surface area contributed by atoms with E-state index in [4.69, 9.17) is 0 Å². The second kappa shape index (κ2) is 11.5. The average Bonchev–Trinajstić information content (AvgIpc) is 3.07. The zero-order valence-electron chi connectivity index (χ0n) is 20.1. The average molecular weight is 523 g/mol. The SMILES string of the molecule is Cc1[cH-]c(C)c(C)c1C.Cc1[cH-]c(C)c(C)c1C.Cc1[cH-]c(C)c(C)c1C.[Tb+3]. The van der Waals surface area contributed by atoms with Crippen LogP contribution < -0.4 is 0 Å². The van der Waals surface area contributed by atoms with Gasteiger partial charge in [-0.15, -0.1) is 0 Å². The van der Waals surface area contributed by atoms with Crippen LogP contribution in [0.4, 0.5) is 0 Å². The third-order valence-corrected chi connectivity index (χ3v) is 6.54. The molecule has 3 aromatic carbocycles. The van der Waals surface area contributed by atoms with Gasteiger partial charge in [-0.05, 0) is 0 Å². The summed E-state index contributed by atoms with van der Waals surface area (Å²) in [6, 6.07) is 6.72. The van der Waals surface area contributed by atoms with Crippen molar-refractivity contribution in [2.75, 3.05) is 0 Å². The van der Waals surface area contributed by atoms with Crippen molar-refractivity contribution in [2.45, 2.75) is 83.1 Å². The molecule has 0 saturated carbocycles. The van der Waals surface area contributed by atoms with E-state index in [0.29, 0.717) is 0 Å². The molecule has 28 heavy (non-hydrogen) atoms. The van der Waals surface area contributed by atoms with Crippen LogP contribution in [0.15, 0.2) is 18.2 Å². The first-order valence-electron chi connectivity index (χ1n) is 9.98. The van der Waals surface area contributed by atoms with Crippen molar-refractivity contribution in [1.82, 2.24) is 0 Å². The third-order valence-electron chi connectivity index (χ3n) is 6.54. The van der Waals surface area contributed by atoms with E-state index in [1.807, 2.05) is 0 Å². The van der Waals surface area contributed by atoms with E-state index in [-0.39, 0.29) is 38.6 Å². The number of hydrogen-bond acceptors (Lipinski definition) is 0. The van der Waals surface area contributed by atoms with Gasteiger partial charge in [0.1, 0.15) is 0 Å². The van der Waals surface area contributed by atoms with Crippen molar-refractivity contribution < 1.29 is 38.6 Å². The fraction of sp³-hybridized carbons (Fsp3) is 0.444. The Hall–Kier alpha value is -0.664. The van der Waals surface area contributed by atoms with E-state index < -0.39 is 0 Å². The van der Waals surface area contributed by atoms with Crippen molar-refractivity contribution in [3.8, 4) is 0 Å². The second-order valence-electron chi connectivity index (χ2n) is 8.28. The molecule has 0 aromatic heterocycles. The van der Waals surface area contributed by atoms with Gasteiger partial charge in [-0.3, -0.25) is 0 Å². The van der Waals surface area contributed by atoms with Gasteiger partial charge in [-0.25, -0.2) is 0 Å². The Bertz CT molecular complexity index is 707. The van der Waals surface area contributed by atoms with Crippen LogP contribution in [0, 0.1) is 122 Å². The molecule has 0 unspecified atom stereocenters. The monoisotopic (exact) mass is 522 g/mol.